The Labute approximate surface area is 483 Å². The van der Waals surface area contributed by atoms with Gasteiger partial charge in [0.05, 0.1) is 50.6 Å². The van der Waals surface area contributed by atoms with Gasteiger partial charge >= 0.3 is 17.9 Å². The van der Waals surface area contributed by atoms with Gasteiger partial charge in [-0.1, -0.05) is 109 Å². The molecule has 2 N–H and O–H groups in total. The van der Waals surface area contributed by atoms with E-state index in [9.17, 15) is 22.8 Å². The Morgan fingerprint density at radius 3 is 1.06 bits per heavy atom. The molecule has 3 atom stereocenters. The zero-order valence-electron chi connectivity index (χ0n) is 46.9. The summed E-state index contributed by atoms with van der Waals surface area (Å²) in [4.78, 5) is 38.5. The van der Waals surface area contributed by atoms with E-state index < -0.39 is 27.6 Å². The number of thioether (sulfide) groups is 2. The molecule has 0 aliphatic heterocycles. The molecule has 0 radical (unpaired) electrons. The van der Waals surface area contributed by atoms with Crippen LogP contribution < -0.4 is 14.2 Å². The highest BCUT2D eigenvalue weighted by Crippen LogP contribution is 2.29. The number of methoxy groups -OCH3 is 3. The van der Waals surface area contributed by atoms with Crippen LogP contribution in [0.4, 0.5) is 0 Å². The van der Waals surface area contributed by atoms with Gasteiger partial charge in [0, 0.05) is 16.0 Å². The standard InChI is InChI=1S/C22H22O5S.C22H22O3S.C14H14O3.C8H10OS/c1-15(17-6-7-19-13-20(26-2)9-8-18(19)12-17)22(23)27-14-16-4-10-21(11-5-16)28(3,24)25;1-15(22(23)25-14-16-4-10-21(26-3)11-5-16)17-6-7-19-13-20(24-2)9-8-18(19)12-17;1-9(14(15)16)10-3-4-12-8-13(17-2)6-5-11(12)7-10;1-10-8-4-2-7(6-9)3-5-8/h4-13,15H,14H2,1-3H3;4-13,15H,14H2,1-3H3;3-9H,1-2H3,(H,15,16);2-5,9H,6H2,1H3. The molecule has 422 valence electrons. The van der Waals surface area contributed by atoms with Gasteiger partial charge in [-0.25, -0.2) is 8.42 Å². The zero-order chi connectivity index (χ0) is 58.6. The number of sulfone groups is 1. The van der Waals surface area contributed by atoms with Gasteiger partial charge in [0.2, 0.25) is 0 Å². The molecule has 0 aliphatic carbocycles. The minimum absolute atomic E-state index is 0.0952. The minimum Gasteiger partial charge on any atom is -0.497 e. The number of ether oxygens (including phenoxy) is 5. The summed E-state index contributed by atoms with van der Waals surface area (Å²) in [5, 5.41) is 24.0. The zero-order valence-corrected chi connectivity index (χ0v) is 49.3. The minimum atomic E-state index is -3.24. The molecule has 0 heterocycles. The molecule has 0 aromatic heterocycles. The third-order valence-electron chi connectivity index (χ3n) is 13.4. The number of esters is 2. The fourth-order valence-corrected chi connectivity index (χ4v) is 9.62. The number of carboxylic acid groups (broad SMARTS) is 1. The highest BCUT2D eigenvalue weighted by molar-refractivity contribution is 7.98. The molecule has 81 heavy (non-hydrogen) atoms. The highest BCUT2D eigenvalue weighted by Gasteiger charge is 2.20. The molecule has 0 fully saturated rings. The van der Waals surface area contributed by atoms with E-state index in [4.69, 9.17) is 33.9 Å². The Morgan fingerprint density at radius 2 is 0.753 bits per heavy atom. The molecule has 12 nitrogen and oxygen atoms in total. The van der Waals surface area contributed by atoms with Gasteiger partial charge in [-0.05, 0) is 172 Å². The van der Waals surface area contributed by atoms with Crippen LogP contribution in [0.5, 0.6) is 17.2 Å². The fraction of sp³-hybridized carbons (Fsp3) is 0.227. The van der Waals surface area contributed by atoms with E-state index in [-0.39, 0.29) is 36.0 Å². The predicted octanol–water partition coefficient (Wildman–Crippen LogP) is 14.5. The normalized spacial score (nSPS) is 12.0. The molecule has 3 unspecified atom stereocenters. The molecule has 0 saturated carbocycles. The fourth-order valence-electron chi connectivity index (χ4n) is 8.18. The Kier molecular flexibility index (Phi) is 23.2. The van der Waals surface area contributed by atoms with Crippen molar-refractivity contribution < 1.29 is 56.7 Å². The van der Waals surface area contributed by atoms with E-state index in [0.29, 0.717) is 6.61 Å². The summed E-state index contributed by atoms with van der Waals surface area (Å²) >= 11 is 3.40. The maximum atomic E-state index is 12.4. The molecule has 0 spiro atoms. The van der Waals surface area contributed by atoms with Crippen molar-refractivity contribution in [3.8, 4) is 17.2 Å². The lowest BCUT2D eigenvalue weighted by Crippen LogP contribution is -2.13. The van der Waals surface area contributed by atoms with Crippen molar-refractivity contribution in [2.24, 2.45) is 0 Å². The Bertz CT molecular complexity index is 3640. The second-order valence-corrected chi connectivity index (χ2v) is 22.7. The van der Waals surface area contributed by atoms with Crippen LogP contribution in [0.25, 0.3) is 32.3 Å². The van der Waals surface area contributed by atoms with E-state index in [1.165, 1.54) is 21.9 Å². The van der Waals surface area contributed by atoms with Gasteiger partial charge in [-0.3, -0.25) is 14.4 Å². The summed E-state index contributed by atoms with van der Waals surface area (Å²) < 4.78 is 49.5. The Hall–Kier alpha value is -7.82. The van der Waals surface area contributed by atoms with Crippen molar-refractivity contribution in [2.75, 3.05) is 40.1 Å². The van der Waals surface area contributed by atoms with Gasteiger partial charge in [0.15, 0.2) is 9.84 Å². The van der Waals surface area contributed by atoms with E-state index in [1.54, 1.807) is 70.8 Å². The van der Waals surface area contributed by atoms with Gasteiger partial charge in [0.25, 0.3) is 0 Å². The predicted molar refractivity (Wildman–Crippen MR) is 326 cm³/mol. The number of carboxylic acids is 1. The number of carbonyl (C=O) groups is 3. The largest absolute Gasteiger partial charge is 0.497 e. The van der Waals surface area contributed by atoms with Crippen LogP contribution >= 0.6 is 23.5 Å². The van der Waals surface area contributed by atoms with Crippen molar-refractivity contribution in [1.82, 2.24) is 0 Å². The van der Waals surface area contributed by atoms with Crippen LogP contribution in [0.2, 0.25) is 0 Å². The lowest BCUT2D eigenvalue weighted by molar-refractivity contribution is -0.147. The quantitative estimate of drug-likeness (QED) is 0.0651. The maximum Gasteiger partial charge on any atom is 0.313 e. The lowest BCUT2D eigenvalue weighted by Gasteiger charge is -2.13. The van der Waals surface area contributed by atoms with Crippen molar-refractivity contribution in [2.45, 2.75) is 73.0 Å². The number of aliphatic carboxylic acids is 1. The number of benzene rings is 9. The molecule has 0 aliphatic rings. The van der Waals surface area contributed by atoms with E-state index in [1.807, 2.05) is 177 Å². The summed E-state index contributed by atoms with van der Waals surface area (Å²) in [5.41, 5.74) is 5.33. The van der Waals surface area contributed by atoms with Crippen molar-refractivity contribution >= 4 is 83.6 Å². The van der Waals surface area contributed by atoms with Crippen LogP contribution in [0, 0.1) is 0 Å². The van der Waals surface area contributed by atoms with Crippen LogP contribution in [0.15, 0.2) is 197 Å². The Balaban J connectivity index is 0.000000184. The molecule has 15 heteroatoms. The molecule has 9 aromatic carbocycles. The lowest BCUT2D eigenvalue weighted by atomic mass is 9.98. The van der Waals surface area contributed by atoms with E-state index >= 15 is 0 Å². The van der Waals surface area contributed by atoms with Gasteiger partial charge in [-0.15, -0.1) is 23.5 Å². The number of aliphatic hydroxyl groups excluding tert-OH is 1. The van der Waals surface area contributed by atoms with E-state index in [0.717, 1.165) is 89.2 Å². The third-order valence-corrected chi connectivity index (χ3v) is 16.0. The number of fused-ring (bicyclic) bond motifs is 3. The highest BCUT2D eigenvalue weighted by atomic mass is 32.2. The molecule has 0 amide bonds. The average molecular weight is 1150 g/mol. The van der Waals surface area contributed by atoms with E-state index in [2.05, 4.69) is 0 Å². The second-order valence-electron chi connectivity index (χ2n) is 18.9. The van der Waals surface area contributed by atoms with Crippen molar-refractivity contribution in [3.05, 3.63) is 215 Å². The number of hydrogen-bond donors (Lipinski definition) is 2. The summed E-state index contributed by atoms with van der Waals surface area (Å²) in [7, 11) is 1.67. The first-order valence-corrected chi connectivity index (χ1v) is 30.2. The van der Waals surface area contributed by atoms with Crippen LogP contribution in [0.3, 0.4) is 0 Å². The Morgan fingerprint density at radius 1 is 0.444 bits per heavy atom. The molecule has 9 aromatic rings. The number of carbonyl (C=O) groups excluding carboxylic acids is 2. The van der Waals surface area contributed by atoms with Gasteiger partial charge < -0.3 is 33.9 Å². The first-order chi connectivity index (χ1) is 38.9. The molecular formula is C66H68O12S3. The monoisotopic (exact) mass is 1150 g/mol. The topological polar surface area (TPSA) is 172 Å². The van der Waals surface area contributed by atoms with Gasteiger partial charge in [-0.2, -0.15) is 0 Å². The summed E-state index contributed by atoms with van der Waals surface area (Å²) in [6, 6.07) is 57.3. The molecule has 9 rings (SSSR count). The first-order valence-electron chi connectivity index (χ1n) is 25.8. The first kappa shape index (κ1) is 62.4. The summed E-state index contributed by atoms with van der Waals surface area (Å²) in [6.07, 6.45) is 5.23. The second kappa shape index (κ2) is 30.1. The smallest absolute Gasteiger partial charge is 0.313 e. The SMILES string of the molecule is COc1ccc2cc(C(C)C(=O)O)ccc2c1.COc1ccc2cc(C(C)C(=O)OCc3ccc(S(C)(=O)=O)cc3)ccc2c1.COc1ccc2cc(C(C)C(=O)OCc3ccc(SC)cc3)ccc2c1.CSc1ccc(CO)cc1. The van der Waals surface area contributed by atoms with Crippen molar-refractivity contribution in [3.63, 3.8) is 0 Å². The van der Waals surface area contributed by atoms with Crippen molar-refractivity contribution in [1.29, 1.82) is 0 Å². The van der Waals surface area contributed by atoms with Crippen LogP contribution in [0.1, 0.15) is 71.9 Å². The average Bonchev–Trinajstić information content (AvgIpc) is 3.51. The number of aliphatic hydroxyl groups is 1. The molecular weight excluding hydrogens is 1080 g/mol. The third kappa shape index (κ3) is 18.1. The number of hydrogen-bond acceptors (Lipinski definition) is 13. The van der Waals surface area contributed by atoms with Crippen LogP contribution in [-0.2, 0) is 53.5 Å². The van der Waals surface area contributed by atoms with Gasteiger partial charge in [0.1, 0.15) is 30.5 Å². The number of rotatable bonds is 17. The molecule has 0 bridgehead atoms. The summed E-state index contributed by atoms with van der Waals surface area (Å²) in [5.74, 6) is -0.156. The summed E-state index contributed by atoms with van der Waals surface area (Å²) in [6.45, 7) is 5.89. The molecule has 0 saturated heterocycles. The maximum absolute atomic E-state index is 12.4. The van der Waals surface area contributed by atoms with Crippen LogP contribution in [-0.4, -0.2) is 76.6 Å².